The molecule has 0 saturated carbocycles. The van der Waals surface area contributed by atoms with Crippen molar-refractivity contribution in [3.63, 3.8) is 0 Å². The third kappa shape index (κ3) is 2.50. The van der Waals surface area contributed by atoms with Gasteiger partial charge in [0, 0.05) is 16.0 Å². The van der Waals surface area contributed by atoms with Gasteiger partial charge in [0.2, 0.25) is 0 Å². The van der Waals surface area contributed by atoms with Crippen molar-refractivity contribution >= 4 is 34.1 Å². The minimum absolute atomic E-state index is 0.453. The van der Waals surface area contributed by atoms with Gasteiger partial charge in [-0.2, -0.15) is 0 Å². The summed E-state index contributed by atoms with van der Waals surface area (Å²) in [5.74, 6) is 0.635. The zero-order chi connectivity index (χ0) is 15.1. The molecular formula is C17H14Cl2N2. The molecule has 0 atom stereocenters. The molecule has 0 spiro atoms. The molecule has 0 fully saturated rings. The molecule has 0 bridgehead atoms. The third-order valence-corrected chi connectivity index (χ3v) is 4.33. The Kier molecular flexibility index (Phi) is 3.60. The topological polar surface area (TPSA) is 25.8 Å². The fraction of sp³-hybridized carbons (Fsp3) is 0.176. The summed E-state index contributed by atoms with van der Waals surface area (Å²) in [6, 6.07) is 9.88. The van der Waals surface area contributed by atoms with Crippen LogP contribution in [-0.4, -0.2) is 9.97 Å². The molecular weight excluding hydrogens is 303 g/mol. The van der Waals surface area contributed by atoms with E-state index in [1.807, 2.05) is 25.1 Å². The van der Waals surface area contributed by atoms with Gasteiger partial charge in [0.15, 0.2) is 5.82 Å². The van der Waals surface area contributed by atoms with Gasteiger partial charge in [0.05, 0.1) is 5.52 Å². The van der Waals surface area contributed by atoms with Crippen molar-refractivity contribution in [2.75, 3.05) is 0 Å². The summed E-state index contributed by atoms with van der Waals surface area (Å²) in [4.78, 5) is 9.12. The number of nitrogens with zero attached hydrogens (tertiary/aromatic N) is 2. The predicted octanol–water partition coefficient (Wildman–Crippen LogP) is 5.53. The number of aryl methyl sites for hydroxylation is 3. The Bertz CT molecular complexity index is 857. The van der Waals surface area contributed by atoms with E-state index in [4.69, 9.17) is 23.2 Å². The zero-order valence-electron chi connectivity index (χ0n) is 12.0. The van der Waals surface area contributed by atoms with E-state index < -0.39 is 0 Å². The van der Waals surface area contributed by atoms with Gasteiger partial charge in [-0.1, -0.05) is 47.0 Å². The zero-order valence-corrected chi connectivity index (χ0v) is 13.5. The van der Waals surface area contributed by atoms with Gasteiger partial charge in [-0.05, 0) is 44.0 Å². The van der Waals surface area contributed by atoms with E-state index in [0.29, 0.717) is 16.0 Å². The average Bonchev–Trinajstić information content (AvgIpc) is 2.43. The highest BCUT2D eigenvalue weighted by molar-refractivity contribution is 6.35. The Morgan fingerprint density at radius 3 is 2.38 bits per heavy atom. The van der Waals surface area contributed by atoms with Gasteiger partial charge >= 0.3 is 0 Å². The molecule has 0 amide bonds. The number of hydrogen-bond acceptors (Lipinski definition) is 2. The molecule has 2 aromatic carbocycles. The normalized spacial score (nSPS) is 11.1. The Hall–Kier alpha value is -1.64. The van der Waals surface area contributed by atoms with Crippen LogP contribution in [0.4, 0.5) is 0 Å². The second-order valence-corrected chi connectivity index (χ2v) is 5.99. The minimum atomic E-state index is 0.453. The van der Waals surface area contributed by atoms with Crippen molar-refractivity contribution in [3.05, 3.63) is 57.2 Å². The summed E-state index contributed by atoms with van der Waals surface area (Å²) in [6.07, 6.45) is 0. The first-order valence-electron chi connectivity index (χ1n) is 6.67. The molecule has 1 aromatic heterocycles. The lowest BCUT2D eigenvalue weighted by molar-refractivity contribution is 1.20. The Morgan fingerprint density at radius 1 is 0.905 bits per heavy atom. The number of rotatable bonds is 1. The number of fused-ring (bicyclic) bond motifs is 1. The quantitative estimate of drug-likeness (QED) is 0.552. The van der Waals surface area contributed by atoms with Gasteiger partial charge in [0.1, 0.15) is 5.15 Å². The van der Waals surface area contributed by atoms with Gasteiger partial charge in [-0.3, -0.25) is 0 Å². The summed E-state index contributed by atoms with van der Waals surface area (Å²) in [5, 5.41) is 1.96. The molecule has 0 aliphatic rings. The molecule has 21 heavy (non-hydrogen) atoms. The number of halogens is 2. The summed E-state index contributed by atoms with van der Waals surface area (Å²) in [7, 11) is 0. The number of benzene rings is 2. The van der Waals surface area contributed by atoms with E-state index in [1.165, 1.54) is 5.56 Å². The highest BCUT2D eigenvalue weighted by Crippen LogP contribution is 2.31. The highest BCUT2D eigenvalue weighted by atomic mass is 35.5. The van der Waals surface area contributed by atoms with Crippen molar-refractivity contribution in [3.8, 4) is 11.4 Å². The first-order valence-corrected chi connectivity index (χ1v) is 7.43. The van der Waals surface area contributed by atoms with E-state index in [2.05, 4.69) is 35.9 Å². The van der Waals surface area contributed by atoms with Crippen LogP contribution in [0, 0.1) is 20.8 Å². The average molecular weight is 317 g/mol. The molecule has 0 radical (unpaired) electrons. The van der Waals surface area contributed by atoms with E-state index in [1.54, 1.807) is 0 Å². The van der Waals surface area contributed by atoms with Crippen LogP contribution in [0.2, 0.25) is 10.2 Å². The molecule has 106 valence electrons. The summed E-state index contributed by atoms with van der Waals surface area (Å²) in [5.41, 5.74) is 5.05. The SMILES string of the molecule is Cc1ccc(-c2nc(Cl)c3ccc(Cl)c(C)c3n2)c(C)c1. The molecule has 0 aliphatic carbocycles. The fourth-order valence-corrected chi connectivity index (χ4v) is 2.84. The second kappa shape index (κ2) is 5.28. The van der Waals surface area contributed by atoms with E-state index in [0.717, 1.165) is 27.6 Å². The van der Waals surface area contributed by atoms with Crippen molar-refractivity contribution in [2.24, 2.45) is 0 Å². The van der Waals surface area contributed by atoms with Gasteiger partial charge < -0.3 is 0 Å². The molecule has 0 unspecified atom stereocenters. The Balaban J connectivity index is 2.31. The van der Waals surface area contributed by atoms with E-state index in [9.17, 15) is 0 Å². The van der Waals surface area contributed by atoms with Crippen LogP contribution in [0.15, 0.2) is 30.3 Å². The second-order valence-electron chi connectivity index (χ2n) is 5.22. The van der Waals surface area contributed by atoms with E-state index >= 15 is 0 Å². The summed E-state index contributed by atoms with van der Waals surface area (Å²) < 4.78 is 0. The standard InChI is InChI=1S/C17H14Cl2N2/c1-9-4-5-12(10(2)8-9)17-20-15-11(3)14(18)7-6-13(15)16(19)21-17/h4-8H,1-3H3. The van der Waals surface area contributed by atoms with E-state index in [-0.39, 0.29) is 0 Å². The van der Waals surface area contributed by atoms with Crippen LogP contribution in [-0.2, 0) is 0 Å². The molecule has 1 heterocycles. The van der Waals surface area contributed by atoms with Gasteiger partial charge in [-0.25, -0.2) is 9.97 Å². The fourth-order valence-electron chi connectivity index (χ4n) is 2.46. The van der Waals surface area contributed by atoms with Crippen LogP contribution in [0.3, 0.4) is 0 Å². The van der Waals surface area contributed by atoms with Crippen LogP contribution in [0.5, 0.6) is 0 Å². The Morgan fingerprint density at radius 2 is 1.67 bits per heavy atom. The van der Waals surface area contributed by atoms with Crippen LogP contribution < -0.4 is 0 Å². The third-order valence-electron chi connectivity index (χ3n) is 3.63. The van der Waals surface area contributed by atoms with Crippen LogP contribution in [0.1, 0.15) is 16.7 Å². The Labute approximate surface area is 133 Å². The van der Waals surface area contributed by atoms with Crippen molar-refractivity contribution in [2.45, 2.75) is 20.8 Å². The molecule has 3 rings (SSSR count). The maximum atomic E-state index is 6.33. The van der Waals surface area contributed by atoms with Crippen LogP contribution in [0.25, 0.3) is 22.3 Å². The molecule has 0 saturated heterocycles. The lowest BCUT2D eigenvalue weighted by Crippen LogP contribution is -1.96. The maximum Gasteiger partial charge on any atom is 0.161 e. The highest BCUT2D eigenvalue weighted by Gasteiger charge is 2.12. The lowest BCUT2D eigenvalue weighted by atomic mass is 10.0. The smallest absolute Gasteiger partial charge is 0.161 e. The van der Waals surface area contributed by atoms with Crippen molar-refractivity contribution < 1.29 is 0 Å². The number of aromatic nitrogens is 2. The molecule has 3 aromatic rings. The first-order chi connectivity index (χ1) is 9.97. The largest absolute Gasteiger partial charge is 0.228 e. The summed E-state index contributed by atoms with van der Waals surface area (Å²) >= 11 is 12.5. The molecule has 2 nitrogen and oxygen atoms in total. The molecule has 0 N–H and O–H groups in total. The lowest BCUT2D eigenvalue weighted by Gasteiger charge is -2.10. The molecule has 0 aliphatic heterocycles. The minimum Gasteiger partial charge on any atom is -0.228 e. The predicted molar refractivity (Wildman–Crippen MR) is 89.2 cm³/mol. The van der Waals surface area contributed by atoms with Crippen molar-refractivity contribution in [1.82, 2.24) is 9.97 Å². The van der Waals surface area contributed by atoms with Gasteiger partial charge in [0.25, 0.3) is 0 Å². The summed E-state index contributed by atoms with van der Waals surface area (Å²) in [6.45, 7) is 6.06. The van der Waals surface area contributed by atoms with Crippen molar-refractivity contribution in [1.29, 1.82) is 0 Å². The number of hydrogen-bond donors (Lipinski definition) is 0. The monoisotopic (exact) mass is 316 g/mol. The first kappa shape index (κ1) is 14.3. The van der Waals surface area contributed by atoms with Crippen LogP contribution >= 0.6 is 23.2 Å². The van der Waals surface area contributed by atoms with Gasteiger partial charge in [-0.15, -0.1) is 0 Å². The molecule has 4 heteroatoms. The maximum absolute atomic E-state index is 6.33.